The van der Waals surface area contributed by atoms with E-state index in [-0.39, 0.29) is 0 Å². The molecule has 7 heteroatoms. The maximum absolute atomic E-state index is 8.52. The van der Waals surface area contributed by atoms with Crippen molar-refractivity contribution < 1.29 is 17.5 Å². The van der Waals surface area contributed by atoms with Gasteiger partial charge in [0.1, 0.15) is 0 Å². The van der Waals surface area contributed by atoms with Crippen molar-refractivity contribution in [2.24, 2.45) is 0 Å². The average molecular weight is 760 g/mol. The van der Waals surface area contributed by atoms with Gasteiger partial charge in [-0.25, -0.2) is 0 Å². The van der Waals surface area contributed by atoms with Crippen LogP contribution in [0.15, 0.2) is 0 Å². The van der Waals surface area contributed by atoms with Crippen LogP contribution in [0.25, 0.3) is 0 Å². The molecular formula is C30H66O4SSn2. The zero-order valence-electron chi connectivity index (χ0n) is 26.0. The molecule has 0 aliphatic carbocycles. The fraction of sp³-hybridized carbons (Fsp3) is 1.00. The third-order valence-electron chi connectivity index (χ3n) is 6.80. The summed E-state index contributed by atoms with van der Waals surface area (Å²) in [6, 6.07) is 0. The van der Waals surface area contributed by atoms with Crippen molar-refractivity contribution in [1.29, 1.82) is 0 Å². The number of hydrogen-bond acceptors (Lipinski definition) is 4. The minimum Gasteiger partial charge on any atom is -0.759 e. The zero-order chi connectivity index (χ0) is 28.6. The fourth-order valence-electron chi connectivity index (χ4n) is 4.50. The first kappa shape index (κ1) is 42.9. The van der Waals surface area contributed by atoms with E-state index in [1.54, 1.807) is 65.1 Å². The first-order chi connectivity index (χ1) is 17.7. The van der Waals surface area contributed by atoms with Gasteiger partial charge in [-0.1, -0.05) is 0 Å². The summed E-state index contributed by atoms with van der Waals surface area (Å²) in [6.07, 6.45) is 26.7. The Labute approximate surface area is 249 Å². The number of hydrogen-bond donors (Lipinski definition) is 0. The molecule has 0 aliphatic rings. The van der Waals surface area contributed by atoms with Crippen molar-refractivity contribution in [2.75, 3.05) is 0 Å². The van der Waals surface area contributed by atoms with Gasteiger partial charge >= 0.3 is 223 Å². The Morgan fingerprint density at radius 2 is 0.514 bits per heavy atom. The van der Waals surface area contributed by atoms with E-state index in [0.717, 1.165) is 0 Å². The van der Waals surface area contributed by atoms with Gasteiger partial charge in [0.15, 0.2) is 0 Å². The molecule has 0 saturated heterocycles. The molecule has 0 bridgehead atoms. The molecule has 0 spiro atoms. The van der Waals surface area contributed by atoms with Crippen molar-refractivity contribution in [1.82, 2.24) is 0 Å². The molecule has 0 N–H and O–H groups in total. The SMILES string of the molecule is CCCC[CH2][Sn+]([CH2]CCCC)[CH2]CCCC.CCCC[CH2][Sn+]([CH2]CCCC)[CH2]CCCC.O=S(=O)([O-])[O-]. The molecule has 0 aromatic heterocycles. The van der Waals surface area contributed by atoms with E-state index in [0.29, 0.717) is 0 Å². The third-order valence-corrected chi connectivity index (χ3v) is 25.0. The predicted octanol–water partition coefficient (Wildman–Crippen LogP) is 10.8. The fourth-order valence-corrected chi connectivity index (χ4v) is 21.6. The average Bonchev–Trinajstić information content (AvgIpc) is 2.84. The minimum atomic E-state index is -5.17. The van der Waals surface area contributed by atoms with Crippen LogP contribution in [-0.2, 0) is 10.4 Å². The second-order valence-electron chi connectivity index (χ2n) is 10.7. The van der Waals surface area contributed by atoms with Crippen LogP contribution < -0.4 is 0 Å². The first-order valence-electron chi connectivity index (χ1n) is 16.0. The summed E-state index contributed by atoms with van der Waals surface area (Å²) in [7, 11) is -5.17. The minimum absolute atomic E-state index is 0.900. The Morgan fingerprint density at radius 1 is 0.378 bits per heavy atom. The Hall–Kier alpha value is 1.47. The standard InChI is InChI=1S/6C5H11.H2O4S.2Sn/c6*1-3-5-4-2;1-5(2,3)4;;/h6*1,3-5H2,2H3;(H2,1,2,3,4);;/q;;;;;;;2*+1/p-2. The summed E-state index contributed by atoms with van der Waals surface area (Å²) in [5.41, 5.74) is 0. The molecule has 0 rings (SSSR count). The van der Waals surface area contributed by atoms with Crippen LogP contribution in [0, 0.1) is 0 Å². The molecule has 0 saturated carbocycles. The molecule has 0 amide bonds. The van der Waals surface area contributed by atoms with E-state index in [1.165, 1.54) is 77.0 Å². The van der Waals surface area contributed by atoms with Crippen LogP contribution in [0.5, 0.6) is 0 Å². The van der Waals surface area contributed by atoms with Gasteiger partial charge in [-0.05, 0) is 0 Å². The van der Waals surface area contributed by atoms with Crippen LogP contribution in [0.2, 0.25) is 26.6 Å². The predicted molar refractivity (Wildman–Crippen MR) is 168 cm³/mol. The zero-order valence-corrected chi connectivity index (χ0v) is 32.5. The molecule has 0 aromatic rings. The number of rotatable bonds is 24. The number of unbranched alkanes of at least 4 members (excludes halogenated alkanes) is 12. The van der Waals surface area contributed by atoms with E-state index in [9.17, 15) is 0 Å². The Kier molecular flexibility index (Phi) is 41.2. The van der Waals surface area contributed by atoms with Gasteiger partial charge < -0.3 is 9.11 Å². The van der Waals surface area contributed by atoms with Crippen LogP contribution in [0.3, 0.4) is 0 Å². The van der Waals surface area contributed by atoms with Crippen molar-refractivity contribution in [3.8, 4) is 0 Å². The van der Waals surface area contributed by atoms with Gasteiger partial charge in [0.25, 0.3) is 0 Å². The summed E-state index contributed by atoms with van der Waals surface area (Å²) in [5.74, 6) is 0. The summed E-state index contributed by atoms with van der Waals surface area (Å²) in [6.45, 7) is 14.0. The molecule has 0 atom stereocenters. The Balaban J connectivity index is -0.000000528. The quantitative estimate of drug-likeness (QED) is 0.0425. The molecule has 224 valence electrons. The maximum Gasteiger partial charge on any atom is 0.0311 e. The van der Waals surface area contributed by atoms with E-state index >= 15 is 0 Å². The summed E-state index contributed by atoms with van der Waals surface area (Å²) in [4.78, 5) is 0. The molecule has 37 heavy (non-hydrogen) atoms. The largest absolute Gasteiger partial charge is 0.759 e. The summed E-state index contributed by atoms with van der Waals surface area (Å²) < 4.78 is 44.3. The van der Waals surface area contributed by atoms with Gasteiger partial charge in [-0.15, -0.1) is 0 Å². The van der Waals surface area contributed by atoms with Crippen molar-refractivity contribution in [2.45, 2.75) is 184 Å². The van der Waals surface area contributed by atoms with Crippen LogP contribution >= 0.6 is 0 Å². The first-order valence-corrected chi connectivity index (χ1v) is 29.5. The van der Waals surface area contributed by atoms with Gasteiger partial charge in [0.2, 0.25) is 0 Å². The molecule has 0 unspecified atom stereocenters. The molecule has 0 fully saturated rings. The molecule has 4 nitrogen and oxygen atoms in total. The smallest absolute Gasteiger partial charge is 0.0311 e. The summed E-state index contributed by atoms with van der Waals surface area (Å²) in [5, 5.41) is 0. The normalized spacial score (nSPS) is 10.8. The second-order valence-corrected chi connectivity index (χ2v) is 28.6. The van der Waals surface area contributed by atoms with Crippen LogP contribution in [0.4, 0.5) is 0 Å². The van der Waals surface area contributed by atoms with Gasteiger partial charge in [-0.2, -0.15) is 0 Å². The van der Waals surface area contributed by atoms with Crippen molar-refractivity contribution in [3.63, 3.8) is 0 Å². The monoisotopic (exact) mass is 762 g/mol. The molecule has 0 aliphatic heterocycles. The van der Waals surface area contributed by atoms with Gasteiger partial charge in [0.05, 0.1) is 0 Å². The Bertz CT molecular complexity index is 418. The van der Waals surface area contributed by atoms with Crippen molar-refractivity contribution >= 4 is 49.9 Å². The van der Waals surface area contributed by atoms with E-state index < -0.39 is 49.9 Å². The van der Waals surface area contributed by atoms with Crippen molar-refractivity contribution in [3.05, 3.63) is 0 Å². The second kappa shape index (κ2) is 35.5. The molecular weight excluding hydrogens is 694 g/mol. The van der Waals surface area contributed by atoms with Crippen LogP contribution in [-0.4, -0.2) is 57.0 Å². The van der Waals surface area contributed by atoms with E-state index in [4.69, 9.17) is 17.5 Å². The topological polar surface area (TPSA) is 80.3 Å². The maximum atomic E-state index is 8.52. The van der Waals surface area contributed by atoms with Gasteiger partial charge in [0, 0.05) is 10.4 Å². The molecule has 0 aromatic carbocycles. The third kappa shape index (κ3) is 47.6. The summed E-state index contributed by atoms with van der Waals surface area (Å²) >= 11 is -1.80. The van der Waals surface area contributed by atoms with E-state index in [1.807, 2.05) is 0 Å². The van der Waals surface area contributed by atoms with Gasteiger partial charge in [-0.3, -0.25) is 8.42 Å². The molecule has 0 radical (unpaired) electrons. The van der Waals surface area contributed by atoms with Crippen LogP contribution in [0.1, 0.15) is 157 Å². The molecule has 0 heterocycles. The Morgan fingerprint density at radius 3 is 0.622 bits per heavy atom. The van der Waals surface area contributed by atoms with E-state index in [2.05, 4.69) is 41.5 Å².